The second-order valence-corrected chi connectivity index (χ2v) is 7.84. The smallest absolute Gasteiger partial charge is 0.266 e. The Morgan fingerprint density at radius 2 is 2.08 bits per heavy atom. The molecule has 1 aliphatic rings. The summed E-state index contributed by atoms with van der Waals surface area (Å²) in [4.78, 5) is 21.4. The molecule has 1 aliphatic heterocycles. The summed E-state index contributed by atoms with van der Waals surface area (Å²) in [6.45, 7) is 4.97. The number of fused-ring (bicyclic) bond motifs is 1. The van der Waals surface area contributed by atoms with Crippen molar-refractivity contribution in [1.82, 2.24) is 14.3 Å². The van der Waals surface area contributed by atoms with Crippen molar-refractivity contribution in [1.29, 1.82) is 0 Å². The lowest BCUT2D eigenvalue weighted by atomic mass is 10.00. The summed E-state index contributed by atoms with van der Waals surface area (Å²) in [5.74, 6) is -0.126. The minimum atomic E-state index is -0.258. The predicted octanol–water partition coefficient (Wildman–Crippen LogP) is 4.92. The summed E-state index contributed by atoms with van der Waals surface area (Å²) in [6.07, 6.45) is 6.31. The van der Waals surface area contributed by atoms with Gasteiger partial charge in [0.05, 0.1) is 5.69 Å². The molecule has 1 aromatic carbocycles. The van der Waals surface area contributed by atoms with E-state index < -0.39 is 0 Å². The Bertz CT molecular complexity index is 944. The van der Waals surface area contributed by atoms with Gasteiger partial charge in [-0.15, -0.1) is 0 Å². The normalized spacial score (nSPS) is 17.8. The van der Waals surface area contributed by atoms with Gasteiger partial charge < -0.3 is 4.90 Å². The van der Waals surface area contributed by atoms with Crippen LogP contribution in [-0.4, -0.2) is 32.8 Å². The maximum absolute atomic E-state index is 13.1. The molecule has 0 radical (unpaired) electrons. The molecule has 2 aromatic heterocycles. The summed E-state index contributed by atoms with van der Waals surface area (Å²) in [5, 5.41) is 0. The van der Waals surface area contributed by atoms with E-state index in [9.17, 15) is 9.18 Å². The van der Waals surface area contributed by atoms with Crippen LogP contribution in [0.15, 0.2) is 30.5 Å². The average molecular weight is 371 g/mol. The number of aryl methyl sites for hydroxylation is 1. The van der Waals surface area contributed by atoms with Crippen LogP contribution in [0.1, 0.15) is 48.0 Å². The highest BCUT2D eigenvalue weighted by Gasteiger charge is 2.29. The monoisotopic (exact) mass is 371 g/mol. The van der Waals surface area contributed by atoms with Gasteiger partial charge >= 0.3 is 0 Å². The molecular formula is C20H22FN3OS. The first kappa shape index (κ1) is 17.2. The number of halogens is 1. The first-order valence-corrected chi connectivity index (χ1v) is 9.95. The SMILES string of the molecule is CCC1CCCCN1C(=O)c1sc2nc(-c3ccc(F)cc3)cn2c1C. The highest BCUT2D eigenvalue weighted by Crippen LogP contribution is 2.30. The Kier molecular flexibility index (Phi) is 4.53. The van der Waals surface area contributed by atoms with Crippen molar-refractivity contribution < 1.29 is 9.18 Å². The van der Waals surface area contributed by atoms with Gasteiger partial charge in [0, 0.05) is 30.0 Å². The minimum absolute atomic E-state index is 0.132. The highest BCUT2D eigenvalue weighted by atomic mass is 32.1. The number of nitrogens with zero attached hydrogens (tertiary/aromatic N) is 3. The molecule has 1 fully saturated rings. The first-order valence-electron chi connectivity index (χ1n) is 9.14. The van der Waals surface area contributed by atoms with Crippen LogP contribution in [0.25, 0.3) is 16.2 Å². The summed E-state index contributed by atoms with van der Waals surface area (Å²) in [7, 11) is 0. The highest BCUT2D eigenvalue weighted by molar-refractivity contribution is 7.19. The number of carbonyl (C=O) groups is 1. The number of aromatic nitrogens is 2. The molecule has 1 saturated heterocycles. The average Bonchev–Trinajstić information content (AvgIpc) is 3.21. The fourth-order valence-electron chi connectivity index (χ4n) is 3.73. The maximum atomic E-state index is 13.1. The van der Waals surface area contributed by atoms with Crippen molar-refractivity contribution >= 4 is 22.2 Å². The molecule has 0 N–H and O–H groups in total. The van der Waals surface area contributed by atoms with E-state index in [0.717, 1.165) is 52.6 Å². The molecule has 4 rings (SSSR count). The molecule has 6 heteroatoms. The van der Waals surface area contributed by atoms with Crippen LogP contribution in [0, 0.1) is 12.7 Å². The molecule has 3 aromatic rings. The Morgan fingerprint density at radius 1 is 1.31 bits per heavy atom. The topological polar surface area (TPSA) is 37.6 Å². The molecule has 1 atom stereocenters. The molecular weight excluding hydrogens is 349 g/mol. The van der Waals surface area contributed by atoms with Crippen LogP contribution < -0.4 is 0 Å². The van der Waals surface area contributed by atoms with Gasteiger partial charge in [-0.25, -0.2) is 9.37 Å². The largest absolute Gasteiger partial charge is 0.335 e. The first-order chi connectivity index (χ1) is 12.6. The fraction of sp³-hybridized carbons (Fsp3) is 0.400. The van der Waals surface area contributed by atoms with Crippen molar-refractivity contribution in [2.24, 2.45) is 0 Å². The lowest BCUT2D eigenvalue weighted by Gasteiger charge is -2.35. The van der Waals surface area contributed by atoms with E-state index in [1.54, 1.807) is 12.1 Å². The molecule has 3 heterocycles. The van der Waals surface area contributed by atoms with Crippen molar-refractivity contribution in [2.45, 2.75) is 45.6 Å². The van der Waals surface area contributed by atoms with E-state index in [-0.39, 0.29) is 11.7 Å². The number of hydrogen-bond acceptors (Lipinski definition) is 3. The second kappa shape index (κ2) is 6.83. The summed E-state index contributed by atoms with van der Waals surface area (Å²) in [5.41, 5.74) is 2.59. The number of benzene rings is 1. The Morgan fingerprint density at radius 3 is 2.77 bits per heavy atom. The van der Waals surface area contributed by atoms with Gasteiger partial charge in [0.2, 0.25) is 0 Å². The van der Waals surface area contributed by atoms with E-state index in [4.69, 9.17) is 0 Å². The summed E-state index contributed by atoms with van der Waals surface area (Å²) >= 11 is 1.44. The summed E-state index contributed by atoms with van der Waals surface area (Å²) < 4.78 is 15.1. The number of rotatable bonds is 3. The molecule has 136 valence electrons. The predicted molar refractivity (Wildman–Crippen MR) is 102 cm³/mol. The molecule has 1 amide bonds. The second-order valence-electron chi connectivity index (χ2n) is 6.86. The summed E-state index contributed by atoms with van der Waals surface area (Å²) in [6, 6.07) is 6.67. The molecule has 0 saturated carbocycles. The lowest BCUT2D eigenvalue weighted by molar-refractivity contribution is 0.0612. The van der Waals surface area contributed by atoms with E-state index in [1.807, 2.05) is 22.4 Å². The number of thiazole rings is 1. The Balaban J connectivity index is 1.67. The number of carbonyl (C=O) groups excluding carboxylic acids is 1. The van der Waals surface area contributed by atoms with Gasteiger partial charge in [-0.1, -0.05) is 18.3 Å². The van der Waals surface area contributed by atoms with Gasteiger partial charge in [0.15, 0.2) is 4.96 Å². The zero-order chi connectivity index (χ0) is 18.3. The number of amides is 1. The molecule has 0 spiro atoms. The molecule has 0 aliphatic carbocycles. The van der Waals surface area contributed by atoms with Crippen molar-refractivity contribution in [3.05, 3.63) is 46.9 Å². The number of imidazole rings is 1. The van der Waals surface area contributed by atoms with Crippen molar-refractivity contribution in [3.63, 3.8) is 0 Å². The zero-order valence-corrected chi connectivity index (χ0v) is 15.9. The van der Waals surface area contributed by atoms with Gasteiger partial charge in [0.25, 0.3) is 5.91 Å². The molecule has 26 heavy (non-hydrogen) atoms. The van der Waals surface area contributed by atoms with Crippen LogP contribution in [0.4, 0.5) is 4.39 Å². The third-order valence-corrected chi connectivity index (χ3v) is 6.40. The van der Waals surface area contributed by atoms with Gasteiger partial charge in [-0.05, 0) is 56.9 Å². The van der Waals surface area contributed by atoms with Crippen LogP contribution in [0.5, 0.6) is 0 Å². The van der Waals surface area contributed by atoms with Crippen LogP contribution >= 0.6 is 11.3 Å². The van der Waals surface area contributed by atoms with Gasteiger partial charge in [-0.2, -0.15) is 0 Å². The van der Waals surface area contributed by atoms with E-state index >= 15 is 0 Å². The van der Waals surface area contributed by atoms with E-state index in [0.29, 0.717) is 6.04 Å². The fourth-order valence-corrected chi connectivity index (χ4v) is 4.80. The van der Waals surface area contributed by atoms with Gasteiger partial charge in [-0.3, -0.25) is 9.20 Å². The standard InChI is InChI=1S/C20H22FN3OS/c1-3-16-6-4-5-11-23(16)19(25)18-13(2)24-12-17(22-20(24)26-18)14-7-9-15(21)10-8-14/h7-10,12,16H,3-6,11H2,1-2H3. The maximum Gasteiger partial charge on any atom is 0.266 e. The van der Waals surface area contributed by atoms with Crippen LogP contribution in [-0.2, 0) is 0 Å². The zero-order valence-electron chi connectivity index (χ0n) is 15.0. The van der Waals surface area contributed by atoms with E-state index in [1.165, 1.54) is 29.9 Å². The minimum Gasteiger partial charge on any atom is -0.335 e. The third-order valence-electron chi connectivity index (χ3n) is 5.25. The number of hydrogen-bond donors (Lipinski definition) is 0. The molecule has 0 bridgehead atoms. The van der Waals surface area contributed by atoms with E-state index in [2.05, 4.69) is 11.9 Å². The lowest BCUT2D eigenvalue weighted by Crippen LogP contribution is -2.43. The van der Waals surface area contributed by atoms with Crippen molar-refractivity contribution in [2.75, 3.05) is 6.54 Å². The number of likely N-dealkylation sites (tertiary alicyclic amines) is 1. The number of piperidine rings is 1. The third kappa shape index (κ3) is 2.92. The van der Waals surface area contributed by atoms with Crippen LogP contribution in [0.3, 0.4) is 0 Å². The van der Waals surface area contributed by atoms with Crippen LogP contribution in [0.2, 0.25) is 0 Å². The van der Waals surface area contributed by atoms with Gasteiger partial charge in [0.1, 0.15) is 10.7 Å². The molecule has 1 unspecified atom stereocenters. The Hall–Kier alpha value is -2.21. The molecule has 4 nitrogen and oxygen atoms in total. The van der Waals surface area contributed by atoms with Crippen molar-refractivity contribution in [3.8, 4) is 11.3 Å². The Labute approximate surface area is 156 Å². The quantitative estimate of drug-likeness (QED) is 0.656.